The van der Waals surface area contributed by atoms with Crippen LogP contribution in [0, 0.1) is 5.82 Å². The Labute approximate surface area is 165 Å². The van der Waals surface area contributed by atoms with Gasteiger partial charge in [0.05, 0.1) is 11.9 Å². The standard InChI is InChI=1S/C23H24FN3O/c1-27(16-18-10-6-3-7-11-18)22-20(25-14-17-8-4-2-5-9-17)15-26-23(21(22)24)28-19-12-13-19/h2-11,15,19,25H,12-14,16H2,1H3. The summed E-state index contributed by atoms with van der Waals surface area (Å²) >= 11 is 0. The fourth-order valence-electron chi connectivity index (χ4n) is 3.12. The SMILES string of the molecule is CN(Cc1ccccc1)c1c(NCc2ccccc2)cnc(OC2CC2)c1F. The number of hydrogen-bond acceptors (Lipinski definition) is 4. The van der Waals surface area contributed by atoms with Crippen molar-refractivity contribution in [1.82, 2.24) is 4.98 Å². The van der Waals surface area contributed by atoms with Crippen molar-refractivity contribution >= 4 is 11.4 Å². The Kier molecular flexibility index (Phi) is 5.42. The Morgan fingerprint density at radius 2 is 1.68 bits per heavy atom. The molecule has 4 nitrogen and oxygen atoms in total. The van der Waals surface area contributed by atoms with E-state index in [1.54, 1.807) is 6.20 Å². The lowest BCUT2D eigenvalue weighted by Crippen LogP contribution is -2.20. The van der Waals surface area contributed by atoms with Gasteiger partial charge >= 0.3 is 0 Å². The van der Waals surface area contributed by atoms with Gasteiger partial charge in [-0.05, 0) is 24.0 Å². The molecule has 1 saturated carbocycles. The minimum atomic E-state index is -0.414. The van der Waals surface area contributed by atoms with Gasteiger partial charge in [-0.25, -0.2) is 4.98 Å². The third kappa shape index (κ3) is 4.42. The summed E-state index contributed by atoms with van der Waals surface area (Å²) in [5.74, 6) is -0.328. The zero-order valence-electron chi connectivity index (χ0n) is 15.9. The van der Waals surface area contributed by atoms with Gasteiger partial charge in [0.2, 0.25) is 5.82 Å². The molecule has 0 amide bonds. The third-order valence-corrected chi connectivity index (χ3v) is 4.73. The van der Waals surface area contributed by atoms with Crippen molar-refractivity contribution in [1.29, 1.82) is 0 Å². The molecule has 1 aliphatic carbocycles. The van der Waals surface area contributed by atoms with Crippen LogP contribution < -0.4 is 15.0 Å². The van der Waals surface area contributed by atoms with Gasteiger partial charge in [0, 0.05) is 20.1 Å². The van der Waals surface area contributed by atoms with Gasteiger partial charge in [0.25, 0.3) is 5.88 Å². The number of ether oxygens (including phenoxy) is 1. The molecule has 1 fully saturated rings. The fourth-order valence-corrected chi connectivity index (χ4v) is 3.12. The maximum absolute atomic E-state index is 15.3. The maximum atomic E-state index is 15.3. The molecule has 1 aliphatic rings. The quantitative estimate of drug-likeness (QED) is 0.599. The second-order valence-electron chi connectivity index (χ2n) is 7.14. The molecule has 0 atom stereocenters. The van der Waals surface area contributed by atoms with E-state index in [0.717, 1.165) is 24.0 Å². The largest absolute Gasteiger partial charge is 0.472 e. The van der Waals surface area contributed by atoms with Crippen LogP contribution in [0.25, 0.3) is 0 Å². The summed E-state index contributed by atoms with van der Waals surface area (Å²) in [5.41, 5.74) is 3.37. The number of pyridine rings is 1. The highest BCUT2D eigenvalue weighted by Crippen LogP contribution is 2.36. The van der Waals surface area contributed by atoms with E-state index in [4.69, 9.17) is 4.74 Å². The summed E-state index contributed by atoms with van der Waals surface area (Å²) < 4.78 is 21.0. The molecule has 0 saturated heterocycles. The van der Waals surface area contributed by atoms with Crippen LogP contribution in [-0.2, 0) is 13.1 Å². The summed E-state index contributed by atoms with van der Waals surface area (Å²) in [5, 5.41) is 3.33. The number of benzene rings is 2. The zero-order chi connectivity index (χ0) is 19.3. The normalized spacial score (nSPS) is 13.2. The van der Waals surface area contributed by atoms with Crippen LogP contribution in [0.3, 0.4) is 0 Å². The highest BCUT2D eigenvalue weighted by Gasteiger charge is 2.28. The molecule has 2 aromatic carbocycles. The monoisotopic (exact) mass is 377 g/mol. The highest BCUT2D eigenvalue weighted by molar-refractivity contribution is 5.71. The molecule has 0 radical (unpaired) electrons. The van der Waals surface area contributed by atoms with Crippen LogP contribution in [0.15, 0.2) is 66.9 Å². The summed E-state index contributed by atoms with van der Waals surface area (Å²) in [7, 11) is 1.89. The number of nitrogens with one attached hydrogen (secondary N) is 1. The van der Waals surface area contributed by atoms with Crippen molar-refractivity contribution < 1.29 is 9.13 Å². The van der Waals surface area contributed by atoms with Crippen molar-refractivity contribution in [2.45, 2.75) is 32.0 Å². The Morgan fingerprint density at radius 1 is 1.04 bits per heavy atom. The van der Waals surface area contributed by atoms with Gasteiger partial charge in [-0.3, -0.25) is 0 Å². The molecule has 144 valence electrons. The number of nitrogens with zero attached hydrogens (tertiary/aromatic N) is 2. The molecule has 3 aromatic rings. The second-order valence-corrected chi connectivity index (χ2v) is 7.14. The predicted octanol–water partition coefficient (Wildman–Crippen LogP) is 5.01. The van der Waals surface area contributed by atoms with Gasteiger partial charge in [-0.1, -0.05) is 60.7 Å². The van der Waals surface area contributed by atoms with Crippen molar-refractivity contribution in [3.8, 4) is 5.88 Å². The Bertz CT molecular complexity index is 914. The Morgan fingerprint density at radius 3 is 2.32 bits per heavy atom. The predicted molar refractivity (Wildman–Crippen MR) is 110 cm³/mol. The number of halogens is 1. The van der Waals surface area contributed by atoms with Crippen LogP contribution in [-0.4, -0.2) is 18.1 Å². The van der Waals surface area contributed by atoms with Crippen LogP contribution in [0.4, 0.5) is 15.8 Å². The van der Waals surface area contributed by atoms with E-state index in [2.05, 4.69) is 10.3 Å². The molecule has 5 heteroatoms. The van der Waals surface area contributed by atoms with Crippen molar-refractivity contribution in [3.63, 3.8) is 0 Å². The summed E-state index contributed by atoms with van der Waals surface area (Å²) in [6.07, 6.45) is 3.69. The van der Waals surface area contributed by atoms with Crippen LogP contribution in [0.2, 0.25) is 0 Å². The molecule has 1 N–H and O–H groups in total. The number of rotatable bonds is 8. The maximum Gasteiger partial charge on any atom is 0.253 e. The van der Waals surface area contributed by atoms with Crippen LogP contribution >= 0.6 is 0 Å². The minimum absolute atomic E-state index is 0.0858. The summed E-state index contributed by atoms with van der Waals surface area (Å²) in [6.45, 7) is 1.18. The van der Waals surface area contributed by atoms with Crippen LogP contribution in [0.1, 0.15) is 24.0 Å². The van der Waals surface area contributed by atoms with Gasteiger partial charge in [-0.2, -0.15) is 4.39 Å². The molecule has 0 spiro atoms. The number of anilines is 2. The molecule has 0 aliphatic heterocycles. The molecule has 0 unspecified atom stereocenters. The van der Waals surface area contributed by atoms with Crippen molar-refractivity contribution in [2.24, 2.45) is 0 Å². The number of hydrogen-bond donors (Lipinski definition) is 1. The van der Waals surface area contributed by atoms with Crippen molar-refractivity contribution in [3.05, 3.63) is 83.8 Å². The Hall–Kier alpha value is -3.08. The summed E-state index contributed by atoms with van der Waals surface area (Å²) in [4.78, 5) is 6.14. The average molecular weight is 377 g/mol. The average Bonchev–Trinajstić information content (AvgIpc) is 3.54. The summed E-state index contributed by atoms with van der Waals surface area (Å²) in [6, 6.07) is 20.1. The van der Waals surface area contributed by atoms with E-state index in [1.165, 1.54) is 0 Å². The first-order valence-electron chi connectivity index (χ1n) is 9.58. The molecule has 0 bridgehead atoms. The minimum Gasteiger partial charge on any atom is -0.472 e. The lowest BCUT2D eigenvalue weighted by molar-refractivity contribution is 0.275. The zero-order valence-corrected chi connectivity index (χ0v) is 15.9. The Balaban J connectivity index is 1.61. The van der Waals surface area contributed by atoms with Gasteiger partial charge in [0.1, 0.15) is 11.8 Å². The van der Waals surface area contributed by atoms with Crippen LogP contribution in [0.5, 0.6) is 5.88 Å². The fraction of sp³-hybridized carbons (Fsp3) is 0.261. The first-order valence-corrected chi connectivity index (χ1v) is 9.58. The lowest BCUT2D eigenvalue weighted by atomic mass is 10.2. The highest BCUT2D eigenvalue weighted by atomic mass is 19.1. The van der Waals surface area contributed by atoms with Gasteiger partial charge in [-0.15, -0.1) is 0 Å². The first kappa shape index (κ1) is 18.3. The molecular formula is C23H24FN3O. The van der Waals surface area contributed by atoms with E-state index >= 15 is 4.39 Å². The lowest BCUT2D eigenvalue weighted by Gasteiger charge is -2.24. The van der Waals surface area contributed by atoms with E-state index in [0.29, 0.717) is 24.5 Å². The van der Waals surface area contributed by atoms with E-state index in [1.807, 2.05) is 72.6 Å². The topological polar surface area (TPSA) is 37.4 Å². The third-order valence-electron chi connectivity index (χ3n) is 4.73. The van der Waals surface area contributed by atoms with Gasteiger partial charge < -0.3 is 15.0 Å². The molecule has 4 rings (SSSR count). The molecule has 1 aromatic heterocycles. The van der Waals surface area contributed by atoms with Gasteiger partial charge in [0.15, 0.2) is 0 Å². The first-order chi connectivity index (χ1) is 13.7. The smallest absolute Gasteiger partial charge is 0.253 e. The number of aromatic nitrogens is 1. The molecule has 28 heavy (non-hydrogen) atoms. The molecule has 1 heterocycles. The van der Waals surface area contributed by atoms with Crippen molar-refractivity contribution in [2.75, 3.05) is 17.3 Å². The van der Waals surface area contributed by atoms with E-state index in [9.17, 15) is 0 Å². The van der Waals surface area contributed by atoms with E-state index < -0.39 is 5.82 Å². The second kappa shape index (κ2) is 8.30. The molecular weight excluding hydrogens is 353 g/mol. The van der Waals surface area contributed by atoms with E-state index in [-0.39, 0.29) is 12.0 Å².